The van der Waals surface area contributed by atoms with Crippen LogP contribution in [0, 0.1) is 0 Å². The number of H-pyrrole nitrogens is 1. The Balaban J connectivity index is 1.58. The Bertz CT molecular complexity index is 889. The van der Waals surface area contributed by atoms with E-state index in [-0.39, 0.29) is 17.5 Å². The van der Waals surface area contributed by atoms with E-state index in [9.17, 15) is 9.59 Å². The third-order valence-electron chi connectivity index (χ3n) is 4.23. The lowest BCUT2D eigenvalue weighted by Gasteiger charge is -2.15. The number of amides is 1. The average molecular weight is 390 g/mol. The number of nitrogens with zero attached hydrogens (tertiary/aromatic N) is 3. The number of hydrazone groups is 1. The molecule has 1 aliphatic rings. The van der Waals surface area contributed by atoms with Gasteiger partial charge in [0.25, 0.3) is 11.5 Å². The molecule has 0 aliphatic carbocycles. The van der Waals surface area contributed by atoms with Crippen molar-refractivity contribution in [1.82, 2.24) is 15.1 Å². The van der Waals surface area contributed by atoms with E-state index in [1.807, 2.05) is 24.0 Å². The van der Waals surface area contributed by atoms with Gasteiger partial charge in [0.2, 0.25) is 0 Å². The van der Waals surface area contributed by atoms with Gasteiger partial charge in [0.1, 0.15) is 16.5 Å². The molecule has 1 aromatic carbocycles. The predicted octanol–water partition coefficient (Wildman–Crippen LogP) is 2.26. The maximum absolute atomic E-state index is 12.0. The monoisotopic (exact) mass is 389 g/mol. The Morgan fingerprint density at radius 1 is 1.33 bits per heavy atom. The average Bonchev–Trinajstić information content (AvgIpc) is 3.22. The lowest BCUT2D eigenvalue weighted by molar-refractivity contribution is -0.132. The summed E-state index contributed by atoms with van der Waals surface area (Å²) in [5.74, 6) is 0.635. The minimum absolute atomic E-state index is 0.00651. The highest BCUT2D eigenvalue weighted by Gasteiger charge is 2.18. The van der Waals surface area contributed by atoms with Crippen LogP contribution in [0.25, 0.3) is 0 Å². The van der Waals surface area contributed by atoms with Gasteiger partial charge in [-0.05, 0) is 49.6 Å². The van der Waals surface area contributed by atoms with Gasteiger partial charge in [-0.15, -0.1) is 0 Å². The van der Waals surface area contributed by atoms with Crippen LogP contribution < -0.4 is 15.7 Å². The van der Waals surface area contributed by atoms with Gasteiger partial charge >= 0.3 is 0 Å². The molecule has 1 fully saturated rings. The van der Waals surface area contributed by atoms with Crippen molar-refractivity contribution in [3.8, 4) is 5.75 Å². The van der Waals surface area contributed by atoms with Crippen molar-refractivity contribution in [2.75, 3.05) is 25.1 Å². The molecule has 0 unspecified atom stereocenters. The molecule has 2 aromatic rings. The molecule has 1 aromatic heterocycles. The number of likely N-dealkylation sites (tertiary alicyclic amines) is 1. The highest BCUT2D eigenvalue weighted by atomic mass is 35.5. The molecular weight excluding hydrogens is 370 g/mol. The van der Waals surface area contributed by atoms with Gasteiger partial charge in [-0.2, -0.15) is 10.2 Å². The highest BCUT2D eigenvalue weighted by molar-refractivity contribution is 6.32. The fraction of sp³-hybridized carbons (Fsp3) is 0.333. The summed E-state index contributed by atoms with van der Waals surface area (Å²) in [6, 6.07) is 7.25. The molecule has 0 spiro atoms. The predicted molar refractivity (Wildman–Crippen MR) is 103 cm³/mol. The van der Waals surface area contributed by atoms with Crippen molar-refractivity contribution in [3.63, 3.8) is 0 Å². The maximum atomic E-state index is 12.0. The number of hydrogen-bond acceptors (Lipinski definition) is 6. The second-order valence-electron chi connectivity index (χ2n) is 6.14. The molecule has 3 rings (SSSR count). The van der Waals surface area contributed by atoms with Crippen molar-refractivity contribution in [1.29, 1.82) is 0 Å². The number of rotatable bonds is 6. The molecule has 0 saturated carbocycles. The van der Waals surface area contributed by atoms with Crippen LogP contribution in [-0.2, 0) is 4.79 Å². The number of carbonyl (C=O) groups is 1. The quantitative estimate of drug-likeness (QED) is 0.583. The normalized spacial score (nSPS) is 14.3. The second kappa shape index (κ2) is 8.68. The minimum Gasteiger partial charge on any atom is -0.484 e. The van der Waals surface area contributed by atoms with Gasteiger partial charge in [0.05, 0.1) is 11.9 Å². The Kier molecular flexibility index (Phi) is 6.08. The molecular formula is C18H20ClN5O3. The third-order valence-corrected chi connectivity index (χ3v) is 4.61. The lowest BCUT2D eigenvalue weighted by Crippen LogP contribution is -2.32. The molecule has 2 heterocycles. The van der Waals surface area contributed by atoms with E-state index in [1.54, 1.807) is 12.1 Å². The van der Waals surface area contributed by atoms with Crippen LogP contribution in [-0.4, -0.2) is 46.4 Å². The summed E-state index contributed by atoms with van der Waals surface area (Å²) in [6.45, 7) is 3.49. The van der Waals surface area contributed by atoms with Gasteiger partial charge in [-0.1, -0.05) is 11.6 Å². The number of carbonyl (C=O) groups excluding carboxylic acids is 1. The summed E-state index contributed by atoms with van der Waals surface area (Å²) in [6.07, 6.45) is 3.51. The number of nitrogens with one attached hydrogen (secondary N) is 2. The molecule has 8 nitrogen and oxygen atoms in total. The third kappa shape index (κ3) is 4.85. The van der Waals surface area contributed by atoms with Crippen LogP contribution >= 0.6 is 11.6 Å². The molecule has 27 heavy (non-hydrogen) atoms. The Morgan fingerprint density at radius 3 is 2.74 bits per heavy atom. The smallest absolute Gasteiger partial charge is 0.285 e. The van der Waals surface area contributed by atoms with E-state index in [2.05, 4.69) is 20.7 Å². The molecule has 1 aliphatic heterocycles. The van der Waals surface area contributed by atoms with E-state index >= 15 is 0 Å². The lowest BCUT2D eigenvalue weighted by atomic mass is 10.1. The SMILES string of the molecule is C/C(=N/Nc1cn[nH]c(=O)c1Cl)c1ccc(OCC(=O)N2CCCC2)cc1. The number of hydrogen-bond donors (Lipinski definition) is 2. The zero-order valence-electron chi connectivity index (χ0n) is 14.9. The highest BCUT2D eigenvalue weighted by Crippen LogP contribution is 2.16. The van der Waals surface area contributed by atoms with Gasteiger partial charge in [0, 0.05) is 13.1 Å². The number of ether oxygens (including phenoxy) is 1. The minimum atomic E-state index is -0.487. The zero-order valence-corrected chi connectivity index (χ0v) is 15.6. The van der Waals surface area contributed by atoms with Crippen LogP contribution in [0.15, 0.2) is 40.4 Å². The molecule has 142 valence electrons. The van der Waals surface area contributed by atoms with E-state index in [0.717, 1.165) is 31.5 Å². The van der Waals surface area contributed by atoms with Crippen molar-refractivity contribution >= 4 is 28.9 Å². The van der Waals surface area contributed by atoms with Gasteiger partial charge in [0.15, 0.2) is 6.61 Å². The Morgan fingerprint density at radius 2 is 2.04 bits per heavy atom. The fourth-order valence-electron chi connectivity index (χ4n) is 2.67. The topological polar surface area (TPSA) is 99.7 Å². The maximum Gasteiger partial charge on any atom is 0.285 e. The summed E-state index contributed by atoms with van der Waals surface area (Å²) in [5, 5.41) is 10.1. The van der Waals surface area contributed by atoms with Crippen molar-refractivity contribution in [2.45, 2.75) is 19.8 Å². The molecule has 0 radical (unpaired) electrons. The van der Waals surface area contributed by atoms with E-state index in [4.69, 9.17) is 16.3 Å². The van der Waals surface area contributed by atoms with E-state index in [1.165, 1.54) is 6.20 Å². The second-order valence-corrected chi connectivity index (χ2v) is 6.51. The number of aromatic amines is 1. The largest absolute Gasteiger partial charge is 0.484 e. The zero-order chi connectivity index (χ0) is 19.2. The number of aromatic nitrogens is 2. The standard InChI is InChI=1S/C18H20ClN5O3/c1-12(21-22-15-10-20-23-18(26)17(15)19)13-4-6-14(7-5-13)27-11-16(25)24-8-2-3-9-24/h4-7,10H,2-3,8-9,11H2,1H3,(H2,22,23,26)/b21-12-. The van der Waals surface area contributed by atoms with Gasteiger partial charge in [-0.3, -0.25) is 15.0 Å². The summed E-state index contributed by atoms with van der Waals surface area (Å²) in [5.41, 5.74) is 4.11. The molecule has 0 bridgehead atoms. The van der Waals surface area contributed by atoms with Crippen LogP contribution in [0.4, 0.5) is 5.69 Å². The van der Waals surface area contributed by atoms with Crippen molar-refractivity contribution in [3.05, 3.63) is 51.4 Å². The van der Waals surface area contributed by atoms with E-state index in [0.29, 0.717) is 17.1 Å². The number of benzene rings is 1. The molecule has 1 amide bonds. The van der Waals surface area contributed by atoms with Crippen molar-refractivity contribution < 1.29 is 9.53 Å². The van der Waals surface area contributed by atoms with Crippen LogP contribution in [0.3, 0.4) is 0 Å². The van der Waals surface area contributed by atoms with Gasteiger partial charge < -0.3 is 9.64 Å². The van der Waals surface area contributed by atoms with Gasteiger partial charge in [-0.25, -0.2) is 5.10 Å². The number of anilines is 1. The Labute approximate surface area is 161 Å². The van der Waals surface area contributed by atoms with Crippen LogP contribution in [0.2, 0.25) is 5.02 Å². The molecule has 1 saturated heterocycles. The summed E-state index contributed by atoms with van der Waals surface area (Å²) in [4.78, 5) is 25.2. The summed E-state index contributed by atoms with van der Waals surface area (Å²) in [7, 11) is 0. The first-order valence-corrected chi connectivity index (χ1v) is 8.97. The summed E-state index contributed by atoms with van der Waals surface area (Å²) >= 11 is 5.89. The molecule has 9 heteroatoms. The first kappa shape index (κ1) is 18.9. The Hall–Kier alpha value is -2.87. The van der Waals surface area contributed by atoms with Crippen molar-refractivity contribution in [2.24, 2.45) is 5.10 Å². The summed E-state index contributed by atoms with van der Waals surface area (Å²) < 4.78 is 5.56. The first-order chi connectivity index (χ1) is 13.0. The first-order valence-electron chi connectivity index (χ1n) is 8.59. The number of halogens is 1. The van der Waals surface area contributed by atoms with E-state index < -0.39 is 5.56 Å². The van der Waals surface area contributed by atoms with Crippen LogP contribution in [0.5, 0.6) is 5.75 Å². The van der Waals surface area contributed by atoms with Crippen LogP contribution in [0.1, 0.15) is 25.3 Å². The molecule has 0 atom stereocenters. The fourth-order valence-corrected chi connectivity index (χ4v) is 2.80. The molecule has 2 N–H and O–H groups in total.